The first kappa shape index (κ1) is 21.6. The first-order chi connectivity index (χ1) is 12.6. The van der Waals surface area contributed by atoms with Crippen LogP contribution in [0.5, 0.6) is 0 Å². The van der Waals surface area contributed by atoms with Crippen LogP contribution >= 0.6 is 22.6 Å². The fourth-order valence-corrected chi connectivity index (χ4v) is 4.16. The monoisotopic (exact) mass is 491 g/mol. The maximum absolute atomic E-state index is 12.6. The second kappa shape index (κ2) is 8.53. The number of hydrogen-bond acceptors (Lipinski definition) is 5. The van der Waals surface area contributed by atoms with Crippen molar-refractivity contribution in [3.8, 4) is 0 Å². The van der Waals surface area contributed by atoms with Gasteiger partial charge in [-0.2, -0.15) is 0 Å². The second-order valence-corrected chi connectivity index (χ2v) is 7.84. The van der Waals surface area contributed by atoms with Crippen LogP contribution in [0.3, 0.4) is 0 Å². The molecular formula is C18H22INO7. The Morgan fingerprint density at radius 2 is 1.56 bits per heavy atom. The minimum Gasteiger partial charge on any atom is -0.478 e. The van der Waals surface area contributed by atoms with E-state index in [2.05, 4.69) is 5.32 Å². The Morgan fingerprint density at radius 1 is 1.04 bits per heavy atom. The van der Waals surface area contributed by atoms with Crippen molar-refractivity contribution in [1.82, 2.24) is 0 Å². The highest BCUT2D eigenvalue weighted by atomic mass is 127. The van der Waals surface area contributed by atoms with Crippen LogP contribution in [0.1, 0.15) is 45.7 Å². The summed E-state index contributed by atoms with van der Waals surface area (Å²) in [6.07, 6.45) is -0.368. The van der Waals surface area contributed by atoms with Crippen LogP contribution in [-0.2, 0) is 14.3 Å². The maximum Gasteiger partial charge on any atom is 0.337 e. The molecule has 0 radical (unpaired) electrons. The predicted molar refractivity (Wildman–Crippen MR) is 105 cm³/mol. The lowest BCUT2D eigenvalue weighted by Crippen LogP contribution is -2.41. The molecule has 1 aromatic carbocycles. The number of amides is 1. The van der Waals surface area contributed by atoms with Gasteiger partial charge in [0.25, 0.3) is 0 Å². The van der Waals surface area contributed by atoms with Gasteiger partial charge in [-0.05, 0) is 47.6 Å². The molecule has 0 saturated carbocycles. The first-order valence-corrected chi connectivity index (χ1v) is 9.47. The van der Waals surface area contributed by atoms with E-state index < -0.39 is 23.8 Å². The van der Waals surface area contributed by atoms with Crippen molar-refractivity contribution in [1.29, 1.82) is 0 Å². The van der Waals surface area contributed by atoms with Crippen molar-refractivity contribution in [3.63, 3.8) is 0 Å². The minimum atomic E-state index is -1.25. The van der Waals surface area contributed by atoms with E-state index in [0.717, 1.165) is 0 Å². The molecule has 1 fully saturated rings. The van der Waals surface area contributed by atoms with Gasteiger partial charge in [-0.1, -0.05) is 13.8 Å². The number of hydrogen-bond donors (Lipinski definition) is 3. The van der Waals surface area contributed by atoms with Gasteiger partial charge >= 0.3 is 11.9 Å². The number of carboxylic acid groups (broad SMARTS) is 2. The fourth-order valence-electron chi connectivity index (χ4n) is 2.99. The average molecular weight is 491 g/mol. The Morgan fingerprint density at radius 3 is 2.00 bits per heavy atom. The molecule has 0 aromatic heterocycles. The number of anilines is 1. The Bertz CT molecular complexity index is 741. The summed E-state index contributed by atoms with van der Waals surface area (Å²) in [7, 11) is 0. The van der Waals surface area contributed by atoms with Gasteiger partial charge in [0.2, 0.25) is 5.91 Å². The standard InChI is InChI=1S/C18H22INO7/c1-7(2)18-26-5-10(6-27-18)15(21)20-14-9(4)11(16(22)23)8(3)12(13(14)19)17(24)25/h7,10,18H,5-6H2,1-4H3,(H,20,21)(H,22,23)(H,24,25). The fraction of sp³-hybridized carbons (Fsp3) is 0.500. The Balaban J connectivity index is 2.34. The normalized spacial score (nSPS) is 19.8. The molecule has 0 unspecified atom stereocenters. The lowest BCUT2D eigenvalue weighted by atomic mass is 9.95. The van der Waals surface area contributed by atoms with Gasteiger partial charge in [-0.25, -0.2) is 9.59 Å². The van der Waals surface area contributed by atoms with Gasteiger partial charge in [-0.15, -0.1) is 0 Å². The van der Waals surface area contributed by atoms with Crippen molar-refractivity contribution < 1.29 is 34.1 Å². The van der Waals surface area contributed by atoms with Gasteiger partial charge in [0.15, 0.2) is 6.29 Å². The molecule has 1 aromatic rings. The molecule has 0 spiro atoms. The molecule has 1 heterocycles. The maximum atomic E-state index is 12.6. The van der Waals surface area contributed by atoms with Crippen molar-refractivity contribution >= 4 is 46.1 Å². The summed E-state index contributed by atoms with van der Waals surface area (Å²) < 4.78 is 11.4. The summed E-state index contributed by atoms with van der Waals surface area (Å²) >= 11 is 1.81. The number of benzene rings is 1. The number of ether oxygens (including phenoxy) is 2. The average Bonchev–Trinajstić information content (AvgIpc) is 2.57. The van der Waals surface area contributed by atoms with Crippen LogP contribution < -0.4 is 5.32 Å². The number of carboxylic acids is 2. The number of carbonyl (C=O) groups excluding carboxylic acids is 1. The summed E-state index contributed by atoms with van der Waals surface area (Å²) in [6.45, 7) is 7.24. The van der Waals surface area contributed by atoms with Crippen LogP contribution in [0.25, 0.3) is 0 Å². The van der Waals surface area contributed by atoms with Gasteiger partial charge in [-0.3, -0.25) is 4.79 Å². The van der Waals surface area contributed by atoms with E-state index in [-0.39, 0.29) is 51.4 Å². The van der Waals surface area contributed by atoms with Crippen molar-refractivity contribution in [3.05, 3.63) is 25.8 Å². The van der Waals surface area contributed by atoms with Crippen molar-refractivity contribution in [2.24, 2.45) is 11.8 Å². The van der Waals surface area contributed by atoms with E-state index in [9.17, 15) is 24.6 Å². The Kier molecular flexibility index (Phi) is 6.82. The third-order valence-corrected chi connectivity index (χ3v) is 5.53. The van der Waals surface area contributed by atoms with E-state index in [0.29, 0.717) is 5.56 Å². The van der Waals surface area contributed by atoms with E-state index in [1.165, 1.54) is 6.92 Å². The number of carbonyl (C=O) groups is 3. The third-order valence-electron chi connectivity index (χ3n) is 4.45. The summed E-state index contributed by atoms with van der Waals surface area (Å²) in [6, 6.07) is 0. The number of nitrogens with one attached hydrogen (secondary N) is 1. The molecule has 1 amide bonds. The van der Waals surface area contributed by atoms with Gasteiger partial charge < -0.3 is 25.0 Å². The van der Waals surface area contributed by atoms with Crippen LogP contribution in [-0.4, -0.2) is 47.6 Å². The summed E-state index contributed by atoms with van der Waals surface area (Å²) in [5, 5.41) is 21.6. The van der Waals surface area contributed by atoms with Crippen LogP contribution in [0.2, 0.25) is 0 Å². The smallest absolute Gasteiger partial charge is 0.337 e. The molecule has 0 bridgehead atoms. The number of halogens is 1. The highest BCUT2D eigenvalue weighted by Gasteiger charge is 2.31. The van der Waals surface area contributed by atoms with E-state index in [4.69, 9.17) is 9.47 Å². The molecule has 1 saturated heterocycles. The zero-order chi connectivity index (χ0) is 20.5. The van der Waals surface area contributed by atoms with E-state index in [1.54, 1.807) is 6.92 Å². The van der Waals surface area contributed by atoms with Gasteiger partial charge in [0.1, 0.15) is 0 Å². The zero-order valence-electron chi connectivity index (χ0n) is 15.5. The van der Waals surface area contributed by atoms with Gasteiger partial charge in [0.05, 0.1) is 39.5 Å². The SMILES string of the molecule is Cc1c(NC(=O)C2COC(C(C)C)OC2)c(I)c(C(=O)O)c(C)c1C(=O)O. The number of aromatic carboxylic acids is 2. The molecule has 8 nitrogen and oxygen atoms in total. The minimum absolute atomic E-state index is 0.126. The molecular weight excluding hydrogens is 469 g/mol. The van der Waals surface area contributed by atoms with E-state index in [1.807, 2.05) is 36.4 Å². The topological polar surface area (TPSA) is 122 Å². The molecule has 9 heteroatoms. The molecule has 3 N–H and O–H groups in total. The van der Waals surface area contributed by atoms with Crippen molar-refractivity contribution in [2.75, 3.05) is 18.5 Å². The molecule has 148 valence electrons. The predicted octanol–water partition coefficient (Wildman–Crippen LogP) is 2.89. The zero-order valence-corrected chi connectivity index (χ0v) is 17.6. The highest BCUT2D eigenvalue weighted by Crippen LogP contribution is 2.33. The van der Waals surface area contributed by atoms with E-state index >= 15 is 0 Å². The van der Waals surface area contributed by atoms with Crippen LogP contribution in [0.15, 0.2) is 0 Å². The quantitative estimate of drug-likeness (QED) is 0.542. The Hall–Kier alpha value is -1.72. The summed E-state index contributed by atoms with van der Waals surface area (Å²) in [5.41, 5.74) is 0.385. The largest absolute Gasteiger partial charge is 0.478 e. The van der Waals surface area contributed by atoms with Crippen molar-refractivity contribution in [2.45, 2.75) is 34.0 Å². The highest BCUT2D eigenvalue weighted by molar-refractivity contribution is 14.1. The first-order valence-electron chi connectivity index (χ1n) is 8.39. The lowest BCUT2D eigenvalue weighted by molar-refractivity contribution is -0.217. The third kappa shape index (κ3) is 4.41. The lowest BCUT2D eigenvalue weighted by Gasteiger charge is -2.31. The van der Waals surface area contributed by atoms with Crippen LogP contribution in [0.4, 0.5) is 5.69 Å². The summed E-state index contributed by atoms with van der Waals surface area (Å²) in [4.78, 5) is 35.9. The summed E-state index contributed by atoms with van der Waals surface area (Å²) in [5.74, 6) is -3.32. The molecule has 1 aliphatic rings. The molecule has 1 aliphatic heterocycles. The molecule has 27 heavy (non-hydrogen) atoms. The second-order valence-electron chi connectivity index (χ2n) is 6.76. The number of rotatable bonds is 5. The van der Waals surface area contributed by atoms with Crippen LogP contribution in [0, 0.1) is 29.3 Å². The Labute approximate surface area is 170 Å². The molecule has 0 aliphatic carbocycles. The molecule has 2 rings (SSSR count). The molecule has 0 atom stereocenters. The van der Waals surface area contributed by atoms with Gasteiger partial charge in [0, 0.05) is 5.92 Å².